The van der Waals surface area contributed by atoms with Gasteiger partial charge < -0.3 is 4.90 Å². The number of aryl methyl sites for hydroxylation is 2. The van der Waals surface area contributed by atoms with Crippen LogP contribution in [0.15, 0.2) is 48.5 Å². The minimum atomic E-state index is 0.00352. The molecule has 0 aliphatic heterocycles. The molecule has 3 heteroatoms. The Morgan fingerprint density at radius 3 is 2.48 bits per heavy atom. The summed E-state index contributed by atoms with van der Waals surface area (Å²) in [7, 11) is 1.81. The average Bonchev–Trinajstić information content (AvgIpc) is 3.13. The van der Waals surface area contributed by atoms with Crippen molar-refractivity contribution in [3.05, 3.63) is 70.8 Å². The minimum Gasteiger partial charge on any atom is -0.339 e. The van der Waals surface area contributed by atoms with E-state index in [1.165, 1.54) is 17.5 Å². The lowest BCUT2D eigenvalue weighted by atomic mass is 10.0. The van der Waals surface area contributed by atoms with Crippen LogP contribution in [0.3, 0.4) is 0 Å². The quantitative estimate of drug-likeness (QED) is 0.736. The third-order valence-corrected chi connectivity index (χ3v) is 5.24. The highest BCUT2D eigenvalue weighted by Crippen LogP contribution is 2.24. The maximum atomic E-state index is 12.5. The summed E-state index contributed by atoms with van der Waals surface area (Å²) in [5.41, 5.74) is 4.51. The molecule has 0 radical (unpaired) electrons. The first-order valence-electron chi connectivity index (χ1n) is 9.02. The molecule has 2 aromatic rings. The third-order valence-electron chi connectivity index (χ3n) is 5.24. The number of amides is 1. The van der Waals surface area contributed by atoms with Gasteiger partial charge in [-0.25, -0.2) is 0 Å². The monoisotopic (exact) mass is 335 g/mol. The van der Waals surface area contributed by atoms with Gasteiger partial charge in [-0.1, -0.05) is 42.5 Å². The van der Waals surface area contributed by atoms with Crippen molar-refractivity contribution in [3.63, 3.8) is 0 Å². The summed E-state index contributed by atoms with van der Waals surface area (Å²) in [6.45, 7) is 2.01. The number of carbonyl (C=O) groups excluding carboxylic acids is 2. The number of nitrogens with zero attached hydrogens (tertiary/aromatic N) is 1. The molecule has 2 aromatic carbocycles. The fraction of sp³-hybridized carbons (Fsp3) is 0.364. The maximum absolute atomic E-state index is 12.5. The van der Waals surface area contributed by atoms with Gasteiger partial charge in [-0.05, 0) is 48.9 Å². The molecule has 1 unspecified atom stereocenters. The minimum absolute atomic E-state index is 0.00352. The lowest BCUT2D eigenvalue weighted by Gasteiger charge is -2.25. The smallest absolute Gasteiger partial charge is 0.223 e. The number of hydrogen-bond acceptors (Lipinski definition) is 2. The fourth-order valence-corrected chi connectivity index (χ4v) is 3.46. The number of carbonyl (C=O) groups is 2. The van der Waals surface area contributed by atoms with Gasteiger partial charge in [-0.15, -0.1) is 0 Å². The number of rotatable bonds is 6. The van der Waals surface area contributed by atoms with Gasteiger partial charge in [0, 0.05) is 25.5 Å². The molecular weight excluding hydrogens is 310 g/mol. The van der Waals surface area contributed by atoms with E-state index in [1.54, 1.807) is 11.9 Å². The summed E-state index contributed by atoms with van der Waals surface area (Å²) in [5.74, 6) is 0.0645. The van der Waals surface area contributed by atoms with Gasteiger partial charge >= 0.3 is 0 Å². The van der Waals surface area contributed by atoms with Crippen molar-refractivity contribution in [3.8, 4) is 0 Å². The van der Waals surface area contributed by atoms with E-state index in [2.05, 4.69) is 6.07 Å². The predicted octanol–water partition coefficient (Wildman–Crippen LogP) is 4.36. The number of ketones is 1. The number of Topliss-reactive ketones (excluding diaryl/α,β-unsaturated/α-hetero) is 1. The molecule has 3 rings (SSSR count). The zero-order valence-electron chi connectivity index (χ0n) is 15.0. The summed E-state index contributed by atoms with van der Waals surface area (Å²) >= 11 is 0. The van der Waals surface area contributed by atoms with Gasteiger partial charge in [0.1, 0.15) is 0 Å². The Labute approximate surface area is 149 Å². The molecule has 130 valence electrons. The Balaban J connectivity index is 1.57. The summed E-state index contributed by atoms with van der Waals surface area (Å²) < 4.78 is 0. The van der Waals surface area contributed by atoms with Gasteiger partial charge in [-0.2, -0.15) is 0 Å². The third kappa shape index (κ3) is 3.98. The molecule has 3 nitrogen and oxygen atoms in total. The Morgan fingerprint density at radius 2 is 1.72 bits per heavy atom. The number of fused-ring (bicyclic) bond motifs is 1. The van der Waals surface area contributed by atoms with Crippen molar-refractivity contribution in [2.45, 2.75) is 45.1 Å². The van der Waals surface area contributed by atoms with Crippen molar-refractivity contribution in [1.82, 2.24) is 4.90 Å². The molecule has 25 heavy (non-hydrogen) atoms. The molecule has 0 bridgehead atoms. The Morgan fingerprint density at radius 1 is 1.00 bits per heavy atom. The Hall–Kier alpha value is -2.42. The molecule has 1 aliphatic rings. The standard InChI is InChI=1S/C22H25NO2/c1-16(17-7-4-3-5-8-17)23(2)22(25)14-13-21(24)20-12-11-18-9-6-10-19(18)15-20/h3-5,7-8,11-12,15-16H,6,9-10,13-14H2,1-2H3. The molecule has 0 heterocycles. The topological polar surface area (TPSA) is 37.4 Å². The first-order valence-corrected chi connectivity index (χ1v) is 9.02. The van der Waals surface area contributed by atoms with Gasteiger partial charge in [0.05, 0.1) is 6.04 Å². The van der Waals surface area contributed by atoms with E-state index in [0.29, 0.717) is 0 Å². The lowest BCUT2D eigenvalue weighted by Crippen LogP contribution is -2.29. The highest BCUT2D eigenvalue weighted by Gasteiger charge is 2.19. The van der Waals surface area contributed by atoms with Crippen LogP contribution in [-0.4, -0.2) is 23.6 Å². The van der Waals surface area contributed by atoms with Crippen LogP contribution in [0.1, 0.15) is 59.3 Å². The van der Waals surface area contributed by atoms with E-state index in [9.17, 15) is 9.59 Å². The van der Waals surface area contributed by atoms with Crippen molar-refractivity contribution < 1.29 is 9.59 Å². The zero-order chi connectivity index (χ0) is 17.8. The van der Waals surface area contributed by atoms with Crippen LogP contribution >= 0.6 is 0 Å². The Kier molecular flexibility index (Phi) is 5.32. The van der Waals surface area contributed by atoms with Crippen molar-refractivity contribution in [1.29, 1.82) is 0 Å². The average molecular weight is 335 g/mol. The highest BCUT2D eigenvalue weighted by molar-refractivity contribution is 5.98. The van der Waals surface area contributed by atoms with E-state index < -0.39 is 0 Å². The molecule has 0 saturated heterocycles. The largest absolute Gasteiger partial charge is 0.339 e. The second kappa shape index (κ2) is 7.64. The van der Waals surface area contributed by atoms with Crippen LogP contribution in [0, 0.1) is 0 Å². The molecule has 0 aromatic heterocycles. The first kappa shape index (κ1) is 17.4. The van der Waals surface area contributed by atoms with E-state index in [-0.39, 0.29) is 30.6 Å². The molecule has 0 saturated carbocycles. The van der Waals surface area contributed by atoms with Crippen molar-refractivity contribution >= 4 is 11.7 Å². The van der Waals surface area contributed by atoms with Gasteiger partial charge in [0.2, 0.25) is 5.91 Å². The summed E-state index contributed by atoms with van der Waals surface area (Å²) in [6.07, 6.45) is 3.87. The molecule has 0 N–H and O–H groups in total. The second-order valence-corrected chi connectivity index (χ2v) is 6.85. The van der Waals surface area contributed by atoms with E-state index in [0.717, 1.165) is 24.0 Å². The maximum Gasteiger partial charge on any atom is 0.223 e. The highest BCUT2D eigenvalue weighted by atomic mass is 16.2. The molecule has 1 aliphatic carbocycles. The second-order valence-electron chi connectivity index (χ2n) is 6.85. The van der Waals surface area contributed by atoms with E-state index in [4.69, 9.17) is 0 Å². The van der Waals surface area contributed by atoms with Gasteiger partial charge in [-0.3, -0.25) is 9.59 Å². The molecule has 0 spiro atoms. The molecular formula is C22H25NO2. The van der Waals surface area contributed by atoms with Gasteiger partial charge in [0.15, 0.2) is 5.78 Å². The summed E-state index contributed by atoms with van der Waals surface area (Å²) in [4.78, 5) is 26.6. The van der Waals surface area contributed by atoms with E-state index >= 15 is 0 Å². The van der Waals surface area contributed by atoms with Crippen molar-refractivity contribution in [2.75, 3.05) is 7.05 Å². The lowest BCUT2D eigenvalue weighted by molar-refractivity contribution is -0.131. The molecule has 1 atom stereocenters. The van der Waals surface area contributed by atoms with Crippen LogP contribution in [0.25, 0.3) is 0 Å². The fourth-order valence-electron chi connectivity index (χ4n) is 3.46. The molecule has 0 fully saturated rings. The van der Waals surface area contributed by atoms with Crippen LogP contribution in [-0.2, 0) is 17.6 Å². The van der Waals surface area contributed by atoms with Gasteiger partial charge in [0.25, 0.3) is 0 Å². The SMILES string of the molecule is CC(c1ccccc1)N(C)C(=O)CCC(=O)c1ccc2c(c1)CCC2. The first-order chi connectivity index (χ1) is 12.1. The van der Waals surface area contributed by atoms with Crippen LogP contribution in [0.2, 0.25) is 0 Å². The summed E-state index contributed by atoms with van der Waals surface area (Å²) in [5, 5.41) is 0. The number of benzene rings is 2. The van der Waals surface area contributed by atoms with Crippen molar-refractivity contribution in [2.24, 2.45) is 0 Å². The van der Waals surface area contributed by atoms with Crippen LogP contribution < -0.4 is 0 Å². The van der Waals surface area contributed by atoms with Crippen LogP contribution in [0.4, 0.5) is 0 Å². The zero-order valence-corrected chi connectivity index (χ0v) is 15.0. The van der Waals surface area contributed by atoms with E-state index in [1.807, 2.05) is 49.4 Å². The normalized spacial score (nSPS) is 14.0. The predicted molar refractivity (Wildman–Crippen MR) is 99.7 cm³/mol. The number of hydrogen-bond donors (Lipinski definition) is 0. The van der Waals surface area contributed by atoms with Crippen LogP contribution in [0.5, 0.6) is 0 Å². The Bertz CT molecular complexity index is 767. The molecule has 1 amide bonds. The summed E-state index contributed by atoms with van der Waals surface area (Å²) in [6, 6.07) is 16.0.